The number of carbonyl (C=O) groups excluding carboxylic acids is 1. The number of aromatic nitrogens is 1. The molecule has 1 heterocycles. The van der Waals surface area contributed by atoms with Crippen molar-refractivity contribution in [2.24, 2.45) is 0 Å². The van der Waals surface area contributed by atoms with Crippen molar-refractivity contribution in [1.82, 2.24) is 10.3 Å². The fourth-order valence-electron chi connectivity index (χ4n) is 1.24. The molecule has 21 heavy (non-hydrogen) atoms. The van der Waals surface area contributed by atoms with E-state index in [1.807, 2.05) is 0 Å². The largest absolute Gasteiger partial charge is 0.473 e. The summed E-state index contributed by atoms with van der Waals surface area (Å²) in [5.41, 5.74) is -0.356. The number of carbonyl (C=O) groups is 1. The van der Waals surface area contributed by atoms with Gasteiger partial charge < -0.3 is 14.8 Å². The molecule has 1 N–H and O–H groups in total. The molecule has 5 nitrogen and oxygen atoms in total. The van der Waals surface area contributed by atoms with E-state index in [-0.39, 0.29) is 18.7 Å². The molecular formula is C14H18ClFN2O3. The summed E-state index contributed by atoms with van der Waals surface area (Å²) in [5.74, 6) is 0.316. The highest BCUT2D eigenvalue weighted by Crippen LogP contribution is 2.12. The molecule has 0 aromatic carbocycles. The van der Waals surface area contributed by atoms with E-state index < -0.39 is 11.7 Å². The van der Waals surface area contributed by atoms with Crippen LogP contribution in [0.25, 0.3) is 0 Å². The van der Waals surface area contributed by atoms with E-state index in [1.165, 1.54) is 6.20 Å². The van der Waals surface area contributed by atoms with Gasteiger partial charge in [0.05, 0.1) is 11.4 Å². The molecule has 0 saturated heterocycles. The van der Waals surface area contributed by atoms with Gasteiger partial charge in [0.25, 0.3) is 0 Å². The Morgan fingerprint density at radius 1 is 1.48 bits per heavy atom. The number of rotatable bonds is 5. The maximum absolute atomic E-state index is 12.7. The van der Waals surface area contributed by atoms with Crippen molar-refractivity contribution in [3.63, 3.8) is 0 Å². The van der Waals surface area contributed by atoms with E-state index in [9.17, 15) is 9.18 Å². The van der Waals surface area contributed by atoms with Gasteiger partial charge in [0, 0.05) is 24.4 Å². The van der Waals surface area contributed by atoms with Crippen LogP contribution < -0.4 is 10.1 Å². The van der Waals surface area contributed by atoms with Gasteiger partial charge in [0.2, 0.25) is 5.88 Å². The highest BCUT2D eigenvalue weighted by Gasteiger charge is 2.16. The molecule has 0 aliphatic heterocycles. The Bertz CT molecular complexity index is 498. The molecule has 1 rings (SSSR count). The third kappa shape index (κ3) is 7.51. The molecule has 0 atom stereocenters. The van der Waals surface area contributed by atoms with Crippen LogP contribution in [0.1, 0.15) is 20.8 Å². The van der Waals surface area contributed by atoms with Crippen molar-refractivity contribution in [2.45, 2.75) is 26.4 Å². The maximum atomic E-state index is 12.7. The smallest absolute Gasteiger partial charge is 0.407 e. The number of hydrogen-bond donors (Lipinski definition) is 1. The highest BCUT2D eigenvalue weighted by atomic mass is 35.5. The second-order valence-corrected chi connectivity index (χ2v) is 5.66. The van der Waals surface area contributed by atoms with E-state index in [0.717, 1.165) is 0 Å². The summed E-state index contributed by atoms with van der Waals surface area (Å²) in [7, 11) is 0. The van der Waals surface area contributed by atoms with Gasteiger partial charge in [0.1, 0.15) is 12.2 Å². The van der Waals surface area contributed by atoms with Crippen molar-refractivity contribution >= 4 is 17.7 Å². The predicted molar refractivity (Wildman–Crippen MR) is 78.2 cm³/mol. The molecule has 0 unspecified atom stereocenters. The lowest BCUT2D eigenvalue weighted by molar-refractivity contribution is 0.0531. The van der Waals surface area contributed by atoms with Gasteiger partial charge in [0.15, 0.2) is 0 Å². The predicted octanol–water partition coefficient (Wildman–Crippen LogP) is 3.49. The van der Waals surface area contributed by atoms with Gasteiger partial charge >= 0.3 is 6.09 Å². The fourth-order valence-corrected chi connectivity index (χ4v) is 1.35. The van der Waals surface area contributed by atoms with E-state index in [1.54, 1.807) is 32.9 Å². The number of alkyl carbamates (subject to hydrolysis) is 1. The number of nitrogens with one attached hydrogen (secondary N) is 1. The summed E-state index contributed by atoms with van der Waals surface area (Å²) in [6.07, 6.45) is 1.19. The van der Waals surface area contributed by atoms with Crippen molar-refractivity contribution < 1.29 is 18.7 Å². The number of amides is 1. The van der Waals surface area contributed by atoms with Crippen molar-refractivity contribution in [2.75, 3.05) is 13.2 Å². The quantitative estimate of drug-likeness (QED) is 0.903. The molecule has 0 saturated carbocycles. The average Bonchev–Trinajstić information content (AvgIpc) is 2.39. The molecule has 1 aromatic heterocycles. The van der Waals surface area contributed by atoms with Gasteiger partial charge in [-0.15, -0.1) is 0 Å². The van der Waals surface area contributed by atoms with Crippen LogP contribution >= 0.6 is 11.6 Å². The maximum Gasteiger partial charge on any atom is 0.407 e. The molecule has 0 radical (unpaired) electrons. The monoisotopic (exact) mass is 316 g/mol. The Hall–Kier alpha value is -1.82. The van der Waals surface area contributed by atoms with E-state index in [0.29, 0.717) is 17.2 Å². The number of hydrogen-bond acceptors (Lipinski definition) is 4. The first-order valence-corrected chi connectivity index (χ1v) is 6.67. The normalized spacial score (nSPS) is 12.0. The van der Waals surface area contributed by atoms with Crippen LogP contribution in [0.2, 0.25) is 5.02 Å². The summed E-state index contributed by atoms with van der Waals surface area (Å²) in [6, 6.07) is 3.18. The van der Waals surface area contributed by atoms with Crippen LogP contribution in [0, 0.1) is 0 Å². The molecule has 0 bridgehead atoms. The zero-order valence-corrected chi connectivity index (χ0v) is 12.9. The molecule has 1 aromatic rings. The lowest BCUT2D eigenvalue weighted by Crippen LogP contribution is -2.34. The Morgan fingerprint density at radius 2 is 2.19 bits per heavy atom. The minimum absolute atomic E-state index is 0.0149. The summed E-state index contributed by atoms with van der Waals surface area (Å²) in [4.78, 5) is 15.4. The zero-order chi connectivity index (χ0) is 15.9. The minimum atomic E-state index is -0.619. The van der Waals surface area contributed by atoms with Gasteiger partial charge in [-0.3, -0.25) is 0 Å². The third-order valence-electron chi connectivity index (χ3n) is 2.12. The van der Waals surface area contributed by atoms with Gasteiger partial charge in [-0.2, -0.15) is 0 Å². The fraction of sp³-hybridized carbons (Fsp3) is 0.429. The molecule has 0 aliphatic carbocycles. The Balaban J connectivity index is 2.39. The Labute approximate surface area is 128 Å². The number of ether oxygens (including phenoxy) is 2. The first kappa shape index (κ1) is 17.2. The first-order valence-electron chi connectivity index (χ1n) is 6.29. The number of halogens is 2. The molecular weight excluding hydrogens is 299 g/mol. The number of nitrogens with zero attached hydrogens (tertiary/aromatic N) is 1. The minimum Gasteiger partial charge on any atom is -0.473 e. The van der Waals surface area contributed by atoms with Crippen LogP contribution in [0.5, 0.6) is 5.88 Å². The average molecular weight is 317 g/mol. The van der Waals surface area contributed by atoms with Gasteiger partial charge in [-0.05, 0) is 26.8 Å². The standard InChI is InChI=1S/C14H18ClFN2O3/c1-14(2,3)21-13(19)18-7-10(6-16)9-20-12-5-4-11(15)8-17-12/h4-6,8H,7,9H2,1-3H3,(H,18,19)/b10-6-. The topological polar surface area (TPSA) is 60.5 Å². The van der Waals surface area contributed by atoms with E-state index in [4.69, 9.17) is 21.1 Å². The van der Waals surface area contributed by atoms with E-state index in [2.05, 4.69) is 10.3 Å². The van der Waals surface area contributed by atoms with Crippen LogP contribution in [0.15, 0.2) is 30.2 Å². The summed E-state index contributed by atoms with van der Waals surface area (Å²) in [6.45, 7) is 5.18. The summed E-state index contributed by atoms with van der Waals surface area (Å²) >= 11 is 5.69. The number of pyridine rings is 1. The summed E-state index contributed by atoms with van der Waals surface area (Å²) in [5, 5.41) is 2.93. The molecule has 0 spiro atoms. The Kier molecular flexibility index (Phi) is 6.42. The zero-order valence-electron chi connectivity index (χ0n) is 12.2. The molecule has 7 heteroatoms. The summed E-state index contributed by atoms with van der Waals surface area (Å²) < 4.78 is 23.1. The van der Waals surface area contributed by atoms with Crippen molar-refractivity contribution in [1.29, 1.82) is 0 Å². The van der Waals surface area contributed by atoms with Gasteiger partial charge in [-0.25, -0.2) is 14.2 Å². The second-order valence-electron chi connectivity index (χ2n) is 5.23. The lowest BCUT2D eigenvalue weighted by atomic mass is 10.2. The van der Waals surface area contributed by atoms with Crippen LogP contribution in [-0.4, -0.2) is 29.8 Å². The lowest BCUT2D eigenvalue weighted by Gasteiger charge is -2.20. The van der Waals surface area contributed by atoms with Crippen molar-refractivity contribution in [3.8, 4) is 5.88 Å². The third-order valence-corrected chi connectivity index (χ3v) is 2.34. The molecule has 0 aliphatic rings. The Morgan fingerprint density at radius 3 is 2.71 bits per heavy atom. The van der Waals surface area contributed by atoms with Gasteiger partial charge in [-0.1, -0.05) is 11.6 Å². The highest BCUT2D eigenvalue weighted by molar-refractivity contribution is 6.30. The molecule has 0 fully saturated rings. The van der Waals surface area contributed by atoms with Crippen LogP contribution in [-0.2, 0) is 4.74 Å². The SMILES string of the molecule is CC(C)(C)OC(=O)NC/C(=C/F)COc1ccc(Cl)cn1. The van der Waals surface area contributed by atoms with Crippen molar-refractivity contribution in [3.05, 3.63) is 35.3 Å². The molecule has 116 valence electrons. The second kappa shape index (κ2) is 7.83. The van der Waals surface area contributed by atoms with Crippen LogP contribution in [0.3, 0.4) is 0 Å². The van der Waals surface area contributed by atoms with E-state index >= 15 is 0 Å². The first-order chi connectivity index (χ1) is 9.80. The van der Waals surface area contributed by atoms with Crippen LogP contribution in [0.4, 0.5) is 9.18 Å². The molecule has 1 amide bonds.